The van der Waals surface area contributed by atoms with Crippen molar-refractivity contribution >= 4 is 23.3 Å². The minimum atomic E-state index is -1.18. The number of rotatable bonds is 3. The average Bonchev–Trinajstić information content (AvgIpc) is 2.24. The fourth-order valence-electron chi connectivity index (χ4n) is 0.967. The van der Waals surface area contributed by atoms with Gasteiger partial charge in [-0.2, -0.15) is 4.40 Å². The SMILES string of the molecule is CC(C)(C)[S@@](=O)/N=C/C=C/c1ccccc1. The molecule has 0 saturated carbocycles. The van der Waals surface area contributed by atoms with E-state index in [2.05, 4.69) is 4.40 Å². The highest BCUT2D eigenvalue weighted by Gasteiger charge is 2.17. The van der Waals surface area contributed by atoms with Gasteiger partial charge in [0.1, 0.15) is 11.0 Å². The molecule has 2 nitrogen and oxygen atoms in total. The molecule has 86 valence electrons. The van der Waals surface area contributed by atoms with Crippen LogP contribution in [0.1, 0.15) is 26.3 Å². The van der Waals surface area contributed by atoms with Crippen LogP contribution in [-0.2, 0) is 11.0 Å². The number of hydrogen-bond donors (Lipinski definition) is 0. The average molecular weight is 235 g/mol. The quantitative estimate of drug-likeness (QED) is 0.740. The Hall–Kier alpha value is -1.22. The second-order valence-corrected chi connectivity index (χ2v) is 6.32. The molecule has 0 amide bonds. The van der Waals surface area contributed by atoms with Crippen molar-refractivity contribution in [3.05, 3.63) is 42.0 Å². The van der Waals surface area contributed by atoms with Crippen molar-refractivity contribution in [2.75, 3.05) is 0 Å². The molecule has 0 spiro atoms. The minimum absolute atomic E-state index is 0.295. The smallest absolute Gasteiger partial charge is 0.144 e. The molecule has 16 heavy (non-hydrogen) atoms. The number of allylic oxidation sites excluding steroid dienone is 1. The number of nitrogens with zero attached hydrogens (tertiary/aromatic N) is 1. The third kappa shape index (κ3) is 4.53. The second kappa shape index (κ2) is 5.75. The van der Waals surface area contributed by atoms with Crippen LogP contribution in [0.3, 0.4) is 0 Å². The molecular weight excluding hydrogens is 218 g/mol. The van der Waals surface area contributed by atoms with Crippen LogP contribution in [0.15, 0.2) is 40.8 Å². The van der Waals surface area contributed by atoms with E-state index in [0.29, 0.717) is 0 Å². The van der Waals surface area contributed by atoms with Crippen LogP contribution in [0.2, 0.25) is 0 Å². The summed E-state index contributed by atoms with van der Waals surface area (Å²) in [6.07, 6.45) is 5.33. The maximum Gasteiger partial charge on any atom is 0.144 e. The van der Waals surface area contributed by atoms with Gasteiger partial charge in [0.25, 0.3) is 0 Å². The standard InChI is InChI=1S/C13H17NOS/c1-13(2,3)16(15)14-11-7-10-12-8-5-4-6-9-12/h4-11H,1-3H3/b10-7+,14-11+/t16-/m1/s1. The highest BCUT2D eigenvalue weighted by Crippen LogP contribution is 2.11. The second-order valence-electron chi connectivity index (χ2n) is 4.39. The maximum atomic E-state index is 11.6. The van der Waals surface area contributed by atoms with E-state index < -0.39 is 11.0 Å². The van der Waals surface area contributed by atoms with Crippen LogP contribution in [0, 0.1) is 0 Å². The van der Waals surface area contributed by atoms with E-state index in [1.807, 2.05) is 57.2 Å². The first kappa shape index (κ1) is 12.8. The summed E-state index contributed by atoms with van der Waals surface area (Å²) < 4.78 is 15.2. The van der Waals surface area contributed by atoms with Crippen LogP contribution < -0.4 is 0 Å². The van der Waals surface area contributed by atoms with Crippen molar-refractivity contribution in [3.63, 3.8) is 0 Å². The molecule has 0 aromatic heterocycles. The Morgan fingerprint density at radius 2 is 1.81 bits per heavy atom. The van der Waals surface area contributed by atoms with E-state index in [4.69, 9.17) is 0 Å². The lowest BCUT2D eigenvalue weighted by atomic mass is 10.2. The Balaban J connectivity index is 2.56. The molecule has 0 N–H and O–H groups in total. The van der Waals surface area contributed by atoms with E-state index in [-0.39, 0.29) is 4.75 Å². The molecule has 1 aromatic rings. The predicted octanol–water partition coefficient (Wildman–Crippen LogP) is 3.23. The lowest BCUT2D eigenvalue weighted by Gasteiger charge is -2.12. The van der Waals surface area contributed by atoms with Gasteiger partial charge in [-0.25, -0.2) is 4.21 Å². The van der Waals surface area contributed by atoms with Crippen molar-refractivity contribution in [1.82, 2.24) is 0 Å². The molecule has 0 heterocycles. The normalized spacial score (nSPS) is 14.7. The largest absolute Gasteiger partial charge is 0.234 e. The van der Waals surface area contributed by atoms with Crippen LogP contribution in [0.25, 0.3) is 6.08 Å². The Kier molecular flexibility index (Phi) is 4.62. The highest BCUT2D eigenvalue weighted by molar-refractivity contribution is 7.85. The van der Waals surface area contributed by atoms with Crippen molar-refractivity contribution in [1.29, 1.82) is 0 Å². The van der Waals surface area contributed by atoms with E-state index >= 15 is 0 Å². The fraction of sp³-hybridized carbons (Fsp3) is 0.308. The van der Waals surface area contributed by atoms with Gasteiger partial charge in [0.05, 0.1) is 4.75 Å². The van der Waals surface area contributed by atoms with Crippen LogP contribution in [0.5, 0.6) is 0 Å². The first-order chi connectivity index (χ1) is 7.50. The third-order valence-corrected chi connectivity index (χ3v) is 3.22. The maximum absolute atomic E-state index is 11.6. The number of benzene rings is 1. The summed E-state index contributed by atoms with van der Waals surface area (Å²) in [6, 6.07) is 9.93. The molecule has 0 aliphatic heterocycles. The molecule has 0 aliphatic rings. The molecule has 1 aromatic carbocycles. The summed E-state index contributed by atoms with van der Waals surface area (Å²) in [4.78, 5) is 0. The summed E-state index contributed by atoms with van der Waals surface area (Å²) in [6.45, 7) is 5.71. The Morgan fingerprint density at radius 3 is 2.38 bits per heavy atom. The molecule has 3 heteroatoms. The van der Waals surface area contributed by atoms with Gasteiger partial charge in [-0.05, 0) is 32.4 Å². The zero-order chi connectivity index (χ0) is 12.0. The third-order valence-electron chi connectivity index (χ3n) is 1.85. The summed E-state index contributed by atoms with van der Waals surface area (Å²) in [5.74, 6) is 0. The molecule has 0 radical (unpaired) electrons. The van der Waals surface area contributed by atoms with Gasteiger partial charge in [0.2, 0.25) is 0 Å². The van der Waals surface area contributed by atoms with E-state index in [1.54, 1.807) is 12.3 Å². The summed E-state index contributed by atoms with van der Waals surface area (Å²) in [5, 5.41) is 0. The first-order valence-corrected chi connectivity index (χ1v) is 6.28. The summed E-state index contributed by atoms with van der Waals surface area (Å²) >= 11 is 0. The van der Waals surface area contributed by atoms with Crippen molar-refractivity contribution < 1.29 is 4.21 Å². The van der Waals surface area contributed by atoms with Gasteiger partial charge in [-0.1, -0.05) is 36.4 Å². The molecule has 1 atom stereocenters. The van der Waals surface area contributed by atoms with Gasteiger partial charge in [-0.3, -0.25) is 0 Å². The lowest BCUT2D eigenvalue weighted by molar-refractivity contribution is 0.651. The number of hydrogen-bond acceptors (Lipinski definition) is 1. The highest BCUT2D eigenvalue weighted by atomic mass is 32.2. The Morgan fingerprint density at radius 1 is 1.19 bits per heavy atom. The minimum Gasteiger partial charge on any atom is -0.234 e. The van der Waals surface area contributed by atoms with Crippen molar-refractivity contribution in [2.24, 2.45) is 4.40 Å². The van der Waals surface area contributed by atoms with Crippen molar-refractivity contribution in [3.8, 4) is 0 Å². The predicted molar refractivity (Wildman–Crippen MR) is 71.9 cm³/mol. The molecular formula is C13H17NOS. The molecule has 0 aliphatic carbocycles. The summed E-state index contributed by atoms with van der Waals surface area (Å²) in [5.41, 5.74) is 1.11. The molecule has 0 bridgehead atoms. The van der Waals surface area contributed by atoms with Gasteiger partial charge in [0, 0.05) is 6.21 Å². The van der Waals surface area contributed by atoms with Crippen LogP contribution in [-0.4, -0.2) is 15.2 Å². The monoisotopic (exact) mass is 235 g/mol. The zero-order valence-corrected chi connectivity index (χ0v) is 10.7. The summed E-state index contributed by atoms with van der Waals surface area (Å²) in [7, 11) is -1.18. The fourth-order valence-corrected chi connectivity index (χ4v) is 1.46. The van der Waals surface area contributed by atoms with Crippen LogP contribution in [0.4, 0.5) is 0 Å². The lowest BCUT2D eigenvalue weighted by Crippen LogP contribution is -2.19. The topological polar surface area (TPSA) is 29.4 Å². The zero-order valence-electron chi connectivity index (χ0n) is 9.88. The molecule has 0 saturated heterocycles. The first-order valence-electron chi connectivity index (χ1n) is 5.18. The Bertz CT molecular complexity index is 402. The van der Waals surface area contributed by atoms with Crippen molar-refractivity contribution in [2.45, 2.75) is 25.5 Å². The van der Waals surface area contributed by atoms with E-state index in [9.17, 15) is 4.21 Å². The molecule has 0 fully saturated rings. The van der Waals surface area contributed by atoms with Crippen LogP contribution >= 0.6 is 0 Å². The molecule has 0 unspecified atom stereocenters. The van der Waals surface area contributed by atoms with E-state index in [0.717, 1.165) is 5.56 Å². The van der Waals surface area contributed by atoms with Gasteiger partial charge >= 0.3 is 0 Å². The van der Waals surface area contributed by atoms with Gasteiger partial charge in [-0.15, -0.1) is 0 Å². The van der Waals surface area contributed by atoms with E-state index in [1.165, 1.54) is 0 Å². The van der Waals surface area contributed by atoms with Gasteiger partial charge in [0.15, 0.2) is 0 Å². The Labute approximate surface area is 99.7 Å². The van der Waals surface area contributed by atoms with Gasteiger partial charge < -0.3 is 0 Å². The molecule has 1 rings (SSSR count).